The first-order valence-corrected chi connectivity index (χ1v) is 7.86. The molecule has 0 amide bonds. The van der Waals surface area contributed by atoms with Gasteiger partial charge in [0.05, 0.1) is 6.42 Å². The Morgan fingerprint density at radius 3 is 2.56 bits per heavy atom. The topological polar surface area (TPSA) is 94.4 Å². The highest BCUT2D eigenvalue weighted by Crippen LogP contribution is 2.24. The summed E-state index contributed by atoms with van der Waals surface area (Å²) in [5, 5.41) is 0.939. The van der Waals surface area contributed by atoms with Gasteiger partial charge in [0.25, 0.3) is 0 Å². The molecule has 0 aliphatic heterocycles. The molecule has 0 radical (unpaired) electrons. The van der Waals surface area contributed by atoms with Gasteiger partial charge >= 0.3 is 12.1 Å². The Kier molecular flexibility index (Phi) is 5.11. The Morgan fingerprint density at radius 2 is 1.76 bits per heavy atom. The lowest BCUT2D eigenvalue weighted by molar-refractivity contribution is -0.140. The summed E-state index contributed by atoms with van der Waals surface area (Å²) in [5.41, 5.74) is 8.61. The van der Waals surface area contributed by atoms with Crippen LogP contribution in [0.5, 0.6) is 0 Å². The maximum Gasteiger partial charge on any atom is 0.516 e. The number of ether oxygens (including phenoxy) is 2. The molecule has 2 aromatic carbocycles. The van der Waals surface area contributed by atoms with Crippen LogP contribution < -0.4 is 5.73 Å². The van der Waals surface area contributed by atoms with Gasteiger partial charge in [-0.2, -0.15) is 0 Å². The number of aromatic amines is 1. The van der Waals surface area contributed by atoms with Crippen molar-refractivity contribution in [1.82, 2.24) is 4.98 Å². The van der Waals surface area contributed by atoms with Crippen LogP contribution >= 0.6 is 0 Å². The molecule has 1 atom stereocenters. The number of fused-ring (bicyclic) bond motifs is 1. The third kappa shape index (κ3) is 4.24. The van der Waals surface area contributed by atoms with E-state index in [1.54, 1.807) is 6.20 Å². The number of benzene rings is 2. The number of rotatable bonds is 5. The van der Waals surface area contributed by atoms with Crippen LogP contribution in [0.2, 0.25) is 0 Å². The van der Waals surface area contributed by atoms with Crippen LogP contribution in [0.1, 0.15) is 23.6 Å². The minimum atomic E-state index is -1.03. The summed E-state index contributed by atoms with van der Waals surface area (Å²) >= 11 is 0. The summed E-state index contributed by atoms with van der Waals surface area (Å²) in [6, 6.07) is 16.2. The summed E-state index contributed by atoms with van der Waals surface area (Å²) in [6.45, 7) is 0.0431. The van der Waals surface area contributed by atoms with Crippen molar-refractivity contribution >= 4 is 23.0 Å². The number of carbonyl (C=O) groups excluding carboxylic acids is 2. The number of hydrogen-bond donors (Lipinski definition) is 2. The van der Waals surface area contributed by atoms with E-state index in [0.717, 1.165) is 22.0 Å². The lowest BCUT2D eigenvalue weighted by Gasteiger charge is -2.10. The van der Waals surface area contributed by atoms with Gasteiger partial charge in [-0.3, -0.25) is 4.79 Å². The van der Waals surface area contributed by atoms with E-state index in [2.05, 4.69) is 9.72 Å². The van der Waals surface area contributed by atoms with Crippen LogP contribution in [0, 0.1) is 0 Å². The molecular weight excluding hydrogens is 320 g/mol. The molecule has 128 valence electrons. The monoisotopic (exact) mass is 338 g/mol. The third-order valence-electron chi connectivity index (χ3n) is 3.80. The number of para-hydroxylation sites is 1. The molecule has 1 aromatic heterocycles. The number of nitrogens with one attached hydrogen (secondary N) is 1. The summed E-state index contributed by atoms with van der Waals surface area (Å²) in [4.78, 5) is 26.6. The second-order valence-electron chi connectivity index (χ2n) is 5.60. The second kappa shape index (κ2) is 7.63. The molecule has 0 bridgehead atoms. The van der Waals surface area contributed by atoms with Gasteiger partial charge in [0.1, 0.15) is 6.61 Å². The van der Waals surface area contributed by atoms with Crippen molar-refractivity contribution in [1.29, 1.82) is 0 Å². The van der Waals surface area contributed by atoms with E-state index >= 15 is 0 Å². The molecule has 0 saturated carbocycles. The molecule has 3 rings (SSSR count). The predicted molar refractivity (Wildman–Crippen MR) is 92.6 cm³/mol. The van der Waals surface area contributed by atoms with Crippen molar-refractivity contribution in [3.8, 4) is 0 Å². The van der Waals surface area contributed by atoms with E-state index in [4.69, 9.17) is 10.5 Å². The van der Waals surface area contributed by atoms with Crippen molar-refractivity contribution in [3.63, 3.8) is 0 Å². The Hall–Kier alpha value is -3.12. The summed E-state index contributed by atoms with van der Waals surface area (Å²) in [7, 11) is 0. The zero-order valence-corrected chi connectivity index (χ0v) is 13.5. The first-order valence-electron chi connectivity index (χ1n) is 7.86. The maximum absolute atomic E-state index is 11.9. The lowest BCUT2D eigenvalue weighted by atomic mass is 10.0. The molecule has 0 aliphatic rings. The zero-order chi connectivity index (χ0) is 17.6. The van der Waals surface area contributed by atoms with Crippen LogP contribution in [-0.2, 0) is 20.9 Å². The predicted octanol–water partition coefficient (Wildman–Crippen LogP) is 3.44. The minimum absolute atomic E-state index is 0.0431. The van der Waals surface area contributed by atoms with E-state index in [-0.39, 0.29) is 13.0 Å². The van der Waals surface area contributed by atoms with Crippen molar-refractivity contribution in [2.75, 3.05) is 0 Å². The molecule has 0 aliphatic carbocycles. The van der Waals surface area contributed by atoms with Crippen molar-refractivity contribution in [3.05, 3.63) is 71.9 Å². The molecule has 25 heavy (non-hydrogen) atoms. The Bertz CT molecular complexity index is 873. The van der Waals surface area contributed by atoms with Gasteiger partial charge in [0.15, 0.2) is 0 Å². The molecule has 6 heteroatoms. The average Bonchev–Trinajstić information content (AvgIpc) is 3.05. The van der Waals surface area contributed by atoms with Crippen LogP contribution in [0.15, 0.2) is 60.8 Å². The molecule has 0 unspecified atom stereocenters. The molecule has 0 spiro atoms. The fourth-order valence-electron chi connectivity index (χ4n) is 2.57. The quantitative estimate of drug-likeness (QED) is 0.549. The Morgan fingerprint density at radius 1 is 1.04 bits per heavy atom. The van der Waals surface area contributed by atoms with Gasteiger partial charge in [-0.15, -0.1) is 0 Å². The highest BCUT2D eigenvalue weighted by atomic mass is 16.7. The van der Waals surface area contributed by atoms with Gasteiger partial charge < -0.3 is 20.2 Å². The third-order valence-corrected chi connectivity index (χ3v) is 3.80. The molecule has 3 N–H and O–H groups in total. The van der Waals surface area contributed by atoms with Gasteiger partial charge in [0.2, 0.25) is 0 Å². The standard InChI is InChI=1S/C19H18N2O4/c20-16(15-11-21-17-9-5-4-8-14(15)17)10-18(22)25-19(23)24-12-13-6-2-1-3-7-13/h1-9,11,16,21H,10,12,20H2/t16-/m0/s1. The number of carbonyl (C=O) groups is 2. The number of esters is 1. The Balaban J connectivity index is 1.52. The summed E-state index contributed by atoms with van der Waals surface area (Å²) in [5.74, 6) is -0.726. The molecular formula is C19H18N2O4. The van der Waals surface area contributed by atoms with E-state index in [0.29, 0.717) is 0 Å². The average molecular weight is 338 g/mol. The number of hydrogen-bond acceptors (Lipinski definition) is 5. The molecule has 3 aromatic rings. The first-order chi connectivity index (χ1) is 12.1. The lowest BCUT2D eigenvalue weighted by Crippen LogP contribution is -2.20. The largest absolute Gasteiger partial charge is 0.516 e. The molecule has 1 heterocycles. The Labute approximate surface area is 144 Å². The normalized spacial score (nSPS) is 11.9. The van der Waals surface area contributed by atoms with Crippen molar-refractivity contribution in [2.45, 2.75) is 19.1 Å². The first kappa shape index (κ1) is 16.7. The maximum atomic E-state index is 11.9. The number of nitrogens with two attached hydrogens (primary N) is 1. The van der Waals surface area contributed by atoms with Crippen molar-refractivity contribution in [2.24, 2.45) is 5.73 Å². The molecule has 0 fully saturated rings. The van der Waals surface area contributed by atoms with Crippen LogP contribution in [0.4, 0.5) is 4.79 Å². The van der Waals surface area contributed by atoms with Crippen LogP contribution in [-0.4, -0.2) is 17.1 Å². The zero-order valence-electron chi connectivity index (χ0n) is 13.5. The van der Waals surface area contributed by atoms with Crippen LogP contribution in [0.3, 0.4) is 0 Å². The molecule has 6 nitrogen and oxygen atoms in total. The minimum Gasteiger partial charge on any atom is -0.429 e. The van der Waals surface area contributed by atoms with Gasteiger partial charge in [-0.1, -0.05) is 48.5 Å². The van der Waals surface area contributed by atoms with E-state index in [1.165, 1.54) is 0 Å². The van der Waals surface area contributed by atoms with Crippen molar-refractivity contribution < 1.29 is 19.1 Å². The van der Waals surface area contributed by atoms with Gasteiger partial charge in [-0.25, -0.2) is 4.79 Å². The smallest absolute Gasteiger partial charge is 0.429 e. The van der Waals surface area contributed by atoms with Crippen LogP contribution in [0.25, 0.3) is 10.9 Å². The number of H-pyrrole nitrogens is 1. The number of aromatic nitrogens is 1. The van der Waals surface area contributed by atoms with Gasteiger partial charge in [0, 0.05) is 23.1 Å². The van der Waals surface area contributed by atoms with E-state index < -0.39 is 18.2 Å². The second-order valence-corrected chi connectivity index (χ2v) is 5.60. The van der Waals surface area contributed by atoms with Gasteiger partial charge in [-0.05, 0) is 17.2 Å². The highest BCUT2D eigenvalue weighted by Gasteiger charge is 2.19. The van der Waals surface area contributed by atoms with E-state index in [9.17, 15) is 9.59 Å². The fourth-order valence-corrected chi connectivity index (χ4v) is 2.57. The SMILES string of the molecule is N[C@@H](CC(=O)OC(=O)OCc1ccccc1)c1c[nH]c2ccccc12. The molecule has 0 saturated heterocycles. The van der Waals surface area contributed by atoms with E-state index in [1.807, 2.05) is 54.6 Å². The highest BCUT2D eigenvalue weighted by molar-refractivity contribution is 5.86. The summed E-state index contributed by atoms with van der Waals surface area (Å²) < 4.78 is 9.57. The fraction of sp³-hybridized carbons (Fsp3) is 0.158. The summed E-state index contributed by atoms with van der Waals surface area (Å²) in [6.07, 6.45) is 0.610.